The number of rotatable bonds is 1. The Morgan fingerprint density at radius 2 is 2.08 bits per heavy atom. The zero-order valence-electron chi connectivity index (χ0n) is 8.37. The topological polar surface area (TPSA) is 12.9 Å². The van der Waals surface area contributed by atoms with E-state index in [0.717, 1.165) is 11.9 Å². The summed E-state index contributed by atoms with van der Waals surface area (Å²) in [6.07, 6.45) is 1.10. The smallest absolute Gasteiger partial charge is 0.0812 e. The van der Waals surface area contributed by atoms with Crippen LogP contribution in [0.2, 0.25) is 0 Å². The molecule has 1 nitrogen and oxygen atoms in total. The normalized spacial score (nSPS) is 9.46. The molecule has 2 aromatic rings. The summed E-state index contributed by atoms with van der Waals surface area (Å²) >= 11 is 1.71. The van der Waals surface area contributed by atoms with Crippen LogP contribution in [0.3, 0.4) is 0 Å². The maximum atomic E-state index is 4.21. The average Bonchev–Trinajstić information content (AvgIpc) is 2.67. The minimum atomic E-state index is 1.10. The van der Waals surface area contributed by atoms with Gasteiger partial charge in [0.2, 0.25) is 0 Å². The van der Waals surface area contributed by atoms with Gasteiger partial charge in [0.15, 0.2) is 0 Å². The molecule has 2 rings (SSSR count). The molecule has 0 aliphatic carbocycles. The van der Waals surface area contributed by atoms with Gasteiger partial charge in [0.1, 0.15) is 0 Å². The first kappa shape index (κ1) is 10.2. The average molecular weight is 193 g/mol. The van der Waals surface area contributed by atoms with Crippen molar-refractivity contribution >= 4 is 21.6 Å². The quantitative estimate of drug-likeness (QED) is 0.669. The fourth-order valence-electron chi connectivity index (χ4n) is 1.12. The van der Waals surface area contributed by atoms with Gasteiger partial charge in [-0.25, -0.2) is 4.98 Å². The Morgan fingerprint density at radius 3 is 2.77 bits per heavy atom. The van der Waals surface area contributed by atoms with Gasteiger partial charge in [0.05, 0.1) is 15.7 Å². The van der Waals surface area contributed by atoms with Crippen LogP contribution < -0.4 is 0 Å². The van der Waals surface area contributed by atoms with Gasteiger partial charge >= 0.3 is 0 Å². The molecule has 0 unspecified atom stereocenters. The second-order valence-electron chi connectivity index (χ2n) is 2.51. The van der Waals surface area contributed by atoms with Crippen molar-refractivity contribution < 1.29 is 0 Å². The first-order chi connectivity index (χ1) is 6.40. The standard InChI is InChI=1S/C9H9NS.C2H6/c1-2-7-3-4-8-9(5-7)11-6-10-8;1-2/h3-6H,2H2,1H3;1-2H3. The molecule has 0 aliphatic heterocycles. The summed E-state index contributed by atoms with van der Waals surface area (Å²) in [5, 5.41) is 0. The Hall–Kier alpha value is -0.890. The van der Waals surface area contributed by atoms with E-state index in [0.29, 0.717) is 0 Å². The van der Waals surface area contributed by atoms with E-state index in [1.807, 2.05) is 19.4 Å². The van der Waals surface area contributed by atoms with E-state index in [2.05, 4.69) is 30.1 Å². The van der Waals surface area contributed by atoms with Crippen LogP contribution in [0.5, 0.6) is 0 Å². The molecule has 0 aliphatic rings. The van der Waals surface area contributed by atoms with Crippen molar-refractivity contribution in [1.82, 2.24) is 4.98 Å². The van der Waals surface area contributed by atoms with E-state index < -0.39 is 0 Å². The van der Waals surface area contributed by atoms with Crippen LogP contribution in [0.15, 0.2) is 23.7 Å². The van der Waals surface area contributed by atoms with Crippen molar-refractivity contribution in [1.29, 1.82) is 0 Å². The molecule has 70 valence electrons. The first-order valence-electron chi connectivity index (χ1n) is 4.72. The summed E-state index contributed by atoms with van der Waals surface area (Å²) in [7, 11) is 0. The third-order valence-electron chi connectivity index (χ3n) is 1.80. The van der Waals surface area contributed by atoms with E-state index >= 15 is 0 Å². The Balaban J connectivity index is 0.000000396. The number of aromatic nitrogens is 1. The van der Waals surface area contributed by atoms with Crippen LogP contribution in [-0.4, -0.2) is 4.98 Å². The molecule has 1 heterocycles. The Kier molecular flexibility index (Phi) is 3.90. The molecule has 0 fully saturated rings. The lowest BCUT2D eigenvalue weighted by Crippen LogP contribution is -1.76. The van der Waals surface area contributed by atoms with E-state index in [1.165, 1.54) is 10.3 Å². The maximum Gasteiger partial charge on any atom is 0.0812 e. The number of hydrogen-bond donors (Lipinski definition) is 0. The predicted molar refractivity (Wildman–Crippen MR) is 60.3 cm³/mol. The summed E-state index contributed by atoms with van der Waals surface area (Å²) < 4.78 is 1.30. The molecule has 0 atom stereocenters. The lowest BCUT2D eigenvalue weighted by Gasteiger charge is -1.93. The number of thiazole rings is 1. The summed E-state index contributed by atoms with van der Waals surface area (Å²) in [6, 6.07) is 6.44. The highest BCUT2D eigenvalue weighted by Crippen LogP contribution is 2.18. The number of fused-ring (bicyclic) bond motifs is 1. The van der Waals surface area contributed by atoms with Gasteiger partial charge in [-0.05, 0) is 24.1 Å². The molecular weight excluding hydrogens is 178 g/mol. The van der Waals surface area contributed by atoms with Gasteiger partial charge in [0, 0.05) is 0 Å². The van der Waals surface area contributed by atoms with Crippen LogP contribution in [0.25, 0.3) is 10.2 Å². The highest BCUT2D eigenvalue weighted by Gasteiger charge is 1.95. The zero-order valence-corrected chi connectivity index (χ0v) is 9.19. The zero-order chi connectivity index (χ0) is 9.68. The summed E-state index contributed by atoms with van der Waals surface area (Å²) in [6.45, 7) is 6.17. The van der Waals surface area contributed by atoms with Crippen molar-refractivity contribution in [2.24, 2.45) is 0 Å². The summed E-state index contributed by atoms with van der Waals surface area (Å²) in [5.74, 6) is 0. The molecule has 1 aromatic carbocycles. The van der Waals surface area contributed by atoms with E-state index in [-0.39, 0.29) is 0 Å². The minimum Gasteiger partial charge on any atom is -0.245 e. The molecular formula is C11H15NS. The van der Waals surface area contributed by atoms with Gasteiger partial charge < -0.3 is 0 Å². The fraction of sp³-hybridized carbons (Fsp3) is 0.364. The van der Waals surface area contributed by atoms with Crippen molar-refractivity contribution in [2.75, 3.05) is 0 Å². The third kappa shape index (κ3) is 2.28. The maximum absolute atomic E-state index is 4.21. The molecule has 2 heteroatoms. The monoisotopic (exact) mass is 193 g/mol. The third-order valence-corrected chi connectivity index (χ3v) is 2.60. The van der Waals surface area contributed by atoms with Gasteiger partial charge in [-0.15, -0.1) is 11.3 Å². The van der Waals surface area contributed by atoms with Crippen LogP contribution in [0.1, 0.15) is 26.3 Å². The van der Waals surface area contributed by atoms with E-state index in [9.17, 15) is 0 Å². The molecule has 0 bridgehead atoms. The lowest BCUT2D eigenvalue weighted by molar-refractivity contribution is 1.15. The Morgan fingerprint density at radius 1 is 1.31 bits per heavy atom. The molecule has 1 aromatic heterocycles. The molecule has 0 saturated heterocycles. The minimum absolute atomic E-state index is 1.10. The fourth-order valence-corrected chi connectivity index (χ4v) is 1.86. The van der Waals surface area contributed by atoms with Crippen LogP contribution in [0.4, 0.5) is 0 Å². The SMILES string of the molecule is CC.CCc1ccc2ncsc2c1. The van der Waals surface area contributed by atoms with Gasteiger partial charge in [-0.2, -0.15) is 0 Å². The molecule has 0 radical (unpaired) electrons. The van der Waals surface area contributed by atoms with Crippen LogP contribution in [0, 0.1) is 0 Å². The van der Waals surface area contributed by atoms with E-state index in [1.54, 1.807) is 11.3 Å². The summed E-state index contributed by atoms with van der Waals surface area (Å²) in [5.41, 5.74) is 4.40. The second-order valence-corrected chi connectivity index (χ2v) is 3.39. The molecule has 13 heavy (non-hydrogen) atoms. The number of benzene rings is 1. The molecule has 0 amide bonds. The van der Waals surface area contributed by atoms with Crippen LogP contribution >= 0.6 is 11.3 Å². The van der Waals surface area contributed by atoms with Crippen molar-refractivity contribution in [3.63, 3.8) is 0 Å². The van der Waals surface area contributed by atoms with Gasteiger partial charge in [-0.1, -0.05) is 26.8 Å². The van der Waals surface area contributed by atoms with Gasteiger partial charge in [0.25, 0.3) is 0 Å². The molecule has 0 saturated carbocycles. The lowest BCUT2D eigenvalue weighted by atomic mass is 10.2. The number of nitrogens with zero attached hydrogens (tertiary/aromatic N) is 1. The largest absolute Gasteiger partial charge is 0.245 e. The predicted octanol–water partition coefficient (Wildman–Crippen LogP) is 3.88. The summed E-state index contributed by atoms with van der Waals surface area (Å²) in [4.78, 5) is 4.21. The number of hydrogen-bond acceptors (Lipinski definition) is 2. The second kappa shape index (κ2) is 4.97. The highest BCUT2D eigenvalue weighted by atomic mass is 32.1. The van der Waals surface area contributed by atoms with Crippen molar-refractivity contribution in [3.8, 4) is 0 Å². The number of aryl methyl sites for hydroxylation is 1. The van der Waals surface area contributed by atoms with Gasteiger partial charge in [-0.3, -0.25) is 0 Å². The Labute approximate surface area is 83.4 Å². The van der Waals surface area contributed by atoms with Crippen molar-refractivity contribution in [3.05, 3.63) is 29.3 Å². The molecule has 0 spiro atoms. The van der Waals surface area contributed by atoms with E-state index in [4.69, 9.17) is 0 Å². The van der Waals surface area contributed by atoms with Crippen LogP contribution in [-0.2, 0) is 6.42 Å². The Bertz CT molecular complexity index is 365. The van der Waals surface area contributed by atoms with Crippen molar-refractivity contribution in [2.45, 2.75) is 27.2 Å². The molecule has 0 N–H and O–H groups in total. The highest BCUT2D eigenvalue weighted by molar-refractivity contribution is 7.16. The first-order valence-corrected chi connectivity index (χ1v) is 5.60.